The minimum atomic E-state index is -0.144. The van der Waals surface area contributed by atoms with Crippen molar-refractivity contribution < 1.29 is 30.9 Å². The molecule has 14 nitrogen and oxygen atoms in total. The number of benzene rings is 9. The number of aromatic hydroxyl groups is 1. The second-order valence-electron chi connectivity index (χ2n) is 27.9. The second kappa shape index (κ2) is 25.6. The predicted octanol–water partition coefficient (Wildman–Crippen LogP) is 20.1. The van der Waals surface area contributed by atoms with Gasteiger partial charge in [0.2, 0.25) is 0 Å². The first-order valence-electron chi connectivity index (χ1n) is 34.4. The summed E-state index contributed by atoms with van der Waals surface area (Å²) in [6.07, 6.45) is 17.5. The normalized spacial score (nSPS) is 13.6. The van der Waals surface area contributed by atoms with Crippen molar-refractivity contribution >= 4 is 81.3 Å². The number of rotatable bonds is 7. The number of phenolic OH excluding ortho intramolecular Hbond substituents is 1. The number of hydrogen-bond acceptors (Lipinski definition) is 8. The minimum absolute atomic E-state index is 0. The van der Waals surface area contributed by atoms with Crippen LogP contribution in [-0.4, -0.2) is 63.1 Å². The fourth-order valence-corrected chi connectivity index (χ4v) is 16.1. The quantitative estimate of drug-likeness (QED) is 0.156. The van der Waals surface area contributed by atoms with Gasteiger partial charge in [-0.15, -0.1) is 35.7 Å². The Hall–Kier alpha value is -11.8. The molecule has 0 amide bonds. The maximum atomic E-state index is 9.17. The SMILES string of the molecule is CC1(C)c2cccnc2-n2c3[c-]c(Oc4[c-]c(-n5cccn5)ccc4)ccc3c3cccc1c32.CC1(C)c2cccnc2-n2c3cc(Br)ccc3c3cccc1c32.CC1(C)c2cccnc2-n2c3cc(Cc4cccc(-n5cccn5)c4)ccc3c3cccc1c32.Oc1cccc(-n2cccn2)c1.[Pt+2]. The number of nitrogens with zero attached hydrogens (tertiary/aromatic N) is 12. The van der Waals surface area contributed by atoms with E-state index in [2.05, 4.69) is 244 Å². The number of phenols is 1. The molecule has 16 heteroatoms. The summed E-state index contributed by atoms with van der Waals surface area (Å²) in [7, 11) is 0. The van der Waals surface area contributed by atoms with Crippen LogP contribution in [-0.2, 0) is 43.7 Å². The molecule has 0 saturated carbocycles. The van der Waals surface area contributed by atoms with E-state index in [-0.39, 0.29) is 43.1 Å². The molecule has 0 fully saturated rings. The molecule has 21 rings (SSSR count). The van der Waals surface area contributed by atoms with E-state index in [0.29, 0.717) is 11.5 Å². The zero-order chi connectivity index (χ0) is 69.9. The average Bonchev–Trinajstić information content (AvgIpc) is 1.55. The summed E-state index contributed by atoms with van der Waals surface area (Å²) in [6, 6.07) is 83.9. The Bertz CT molecular complexity index is 6090. The van der Waals surface area contributed by atoms with Crippen LogP contribution in [0.4, 0.5) is 0 Å². The van der Waals surface area contributed by atoms with Gasteiger partial charge in [-0.1, -0.05) is 172 Å². The number of halogens is 1. The molecule has 0 spiro atoms. The number of aromatic nitrogens is 12. The van der Waals surface area contributed by atoms with E-state index in [0.717, 1.165) is 56.3 Å². The Labute approximate surface area is 623 Å². The Morgan fingerprint density at radius 3 is 1.39 bits per heavy atom. The monoisotopic (exact) mass is 1600 g/mol. The molecule has 0 bridgehead atoms. The van der Waals surface area contributed by atoms with Crippen LogP contribution >= 0.6 is 15.9 Å². The molecule has 0 saturated heterocycles. The molecule has 104 heavy (non-hydrogen) atoms. The Kier molecular flexibility index (Phi) is 16.1. The molecule has 3 aliphatic heterocycles. The Morgan fingerprint density at radius 1 is 0.385 bits per heavy atom. The van der Waals surface area contributed by atoms with Gasteiger partial charge in [-0.2, -0.15) is 27.4 Å². The van der Waals surface area contributed by atoms with Crippen LogP contribution in [0.3, 0.4) is 0 Å². The van der Waals surface area contributed by atoms with E-state index in [1.54, 1.807) is 40.0 Å². The Balaban J connectivity index is 0.000000108. The molecule has 1 N–H and O–H groups in total. The van der Waals surface area contributed by atoms with Crippen LogP contribution in [0.15, 0.2) is 285 Å². The van der Waals surface area contributed by atoms with E-state index in [1.807, 2.05) is 109 Å². The van der Waals surface area contributed by atoms with Crippen molar-refractivity contribution in [3.8, 4) is 51.8 Å². The van der Waals surface area contributed by atoms with E-state index in [4.69, 9.17) is 19.7 Å². The van der Waals surface area contributed by atoms with Gasteiger partial charge in [-0.05, 0) is 124 Å². The molecule has 0 unspecified atom stereocenters. The van der Waals surface area contributed by atoms with Gasteiger partial charge in [-0.25, -0.2) is 24.3 Å². The van der Waals surface area contributed by atoms with Crippen LogP contribution in [0.25, 0.3) is 99.9 Å². The number of hydrogen-bond donors (Lipinski definition) is 1. The van der Waals surface area contributed by atoms with Crippen molar-refractivity contribution in [3.05, 3.63) is 341 Å². The summed E-state index contributed by atoms with van der Waals surface area (Å²) in [5, 5.41) is 29.3. The number of ether oxygens (including phenoxy) is 1. The molecule has 12 heterocycles. The summed E-state index contributed by atoms with van der Waals surface area (Å²) < 4.78 is 19.6. The van der Waals surface area contributed by atoms with Gasteiger partial charge in [0, 0.05) is 138 Å². The molecule has 18 aromatic rings. The molecular weight excluding hydrogens is 1530 g/mol. The molecule has 508 valence electrons. The Morgan fingerprint density at radius 2 is 0.837 bits per heavy atom. The number of fused-ring (bicyclic) bond motifs is 15. The van der Waals surface area contributed by atoms with Gasteiger partial charge >= 0.3 is 21.1 Å². The van der Waals surface area contributed by atoms with Crippen LogP contribution in [0, 0.1) is 12.1 Å². The topological polar surface area (TPSA) is 136 Å². The molecule has 0 atom stereocenters. The zero-order valence-corrected chi connectivity index (χ0v) is 61.5. The average molecular weight is 1600 g/mol. The maximum Gasteiger partial charge on any atom is 2.00 e. The van der Waals surface area contributed by atoms with E-state index in [1.165, 1.54) is 99.0 Å². The van der Waals surface area contributed by atoms with Crippen molar-refractivity contribution in [1.29, 1.82) is 0 Å². The molecular formula is C88H67BrN12O2Pt. The summed E-state index contributed by atoms with van der Waals surface area (Å²) in [5.74, 6) is 4.54. The van der Waals surface area contributed by atoms with Crippen molar-refractivity contribution in [1.82, 2.24) is 58.0 Å². The van der Waals surface area contributed by atoms with Crippen LogP contribution in [0.1, 0.15) is 86.1 Å². The third-order valence-electron chi connectivity index (χ3n) is 20.7. The number of pyridine rings is 3. The van der Waals surface area contributed by atoms with Crippen molar-refractivity contribution in [2.45, 2.75) is 64.2 Å². The van der Waals surface area contributed by atoms with Crippen LogP contribution in [0.2, 0.25) is 0 Å². The first-order valence-corrected chi connectivity index (χ1v) is 35.2. The van der Waals surface area contributed by atoms with Gasteiger partial charge in [0.15, 0.2) is 0 Å². The molecule has 0 aliphatic carbocycles. The van der Waals surface area contributed by atoms with Gasteiger partial charge in [0.25, 0.3) is 0 Å². The van der Waals surface area contributed by atoms with Crippen LogP contribution in [0.5, 0.6) is 17.2 Å². The van der Waals surface area contributed by atoms with Gasteiger partial charge in [0.05, 0.1) is 33.4 Å². The van der Waals surface area contributed by atoms with E-state index < -0.39 is 0 Å². The summed E-state index contributed by atoms with van der Waals surface area (Å²) in [4.78, 5) is 14.4. The molecule has 3 aliphatic rings. The zero-order valence-electron chi connectivity index (χ0n) is 57.7. The minimum Gasteiger partial charge on any atom is -0.509 e. The molecule has 0 radical (unpaired) electrons. The van der Waals surface area contributed by atoms with Gasteiger partial charge < -0.3 is 14.4 Å². The maximum absolute atomic E-state index is 9.17. The van der Waals surface area contributed by atoms with Crippen molar-refractivity contribution in [2.24, 2.45) is 0 Å². The molecule has 9 aromatic carbocycles. The predicted molar refractivity (Wildman–Crippen MR) is 413 cm³/mol. The first-order chi connectivity index (χ1) is 50.2. The van der Waals surface area contributed by atoms with Gasteiger partial charge in [0.1, 0.15) is 23.2 Å². The fraction of sp³-hybridized carbons (Fsp3) is 0.114. The van der Waals surface area contributed by atoms with E-state index >= 15 is 0 Å². The smallest absolute Gasteiger partial charge is 0.509 e. The van der Waals surface area contributed by atoms with Crippen molar-refractivity contribution in [3.63, 3.8) is 0 Å². The second-order valence-corrected chi connectivity index (χ2v) is 28.8. The van der Waals surface area contributed by atoms with E-state index in [9.17, 15) is 5.11 Å². The van der Waals surface area contributed by atoms with Crippen LogP contribution < -0.4 is 4.74 Å². The first kappa shape index (κ1) is 65.5. The summed E-state index contributed by atoms with van der Waals surface area (Å²) >= 11 is 3.62. The molecule has 9 aromatic heterocycles. The third-order valence-corrected chi connectivity index (χ3v) is 21.2. The van der Waals surface area contributed by atoms with Crippen molar-refractivity contribution in [2.75, 3.05) is 0 Å². The largest absolute Gasteiger partial charge is 2.00 e. The summed E-state index contributed by atoms with van der Waals surface area (Å²) in [5.41, 5.74) is 19.9. The fourth-order valence-electron chi connectivity index (χ4n) is 15.8. The summed E-state index contributed by atoms with van der Waals surface area (Å²) in [6.45, 7) is 13.7. The standard InChI is InChI=1S/C30H24N4.C29H20N4O.C20H15BrN2.C9H8N2O.Pt/c1-30(2)25-10-4-9-24-23-13-12-21(17-20-7-3-8-22(18-20)33-16-6-15-32-33)19-27(23)34(28(24)25)29-26(30)11-5-14-31-29;1-29(2)24-10-4-9-23-22-13-12-21(34-20-8-3-7-19(17-20)32-16-6-15-31-32)18-26(22)33(27(23)24)28-25(29)11-5-14-30-28;1-20(2)15-6-3-5-14-13-9-8-12(21)11-17(13)23(18(14)15)19-16(20)7-4-10-22-19;12-9-4-1-3-8(7-9)11-6-2-5-10-11;/h3-16,18-19H,17H2,1-2H3;3-16H,1-2H3;3-11H,1-2H3;1-7,12H;/q;-2;;;+2. The number of para-hydroxylation sites is 3. The van der Waals surface area contributed by atoms with Gasteiger partial charge in [-0.3, -0.25) is 13.8 Å². The third kappa shape index (κ3) is 10.9.